The van der Waals surface area contributed by atoms with Crippen LogP contribution >= 0.6 is 15.9 Å². The summed E-state index contributed by atoms with van der Waals surface area (Å²) in [6.07, 6.45) is 0. The SMILES string of the molecule is CN1C(C(=O)c2ccccc2)C(=NC(=O)c2ccccc2Br)c2ccccc2S1(=O)=O. The summed E-state index contributed by atoms with van der Waals surface area (Å²) in [5.74, 6) is -1.03. The van der Waals surface area contributed by atoms with Gasteiger partial charge in [-0.3, -0.25) is 9.59 Å². The molecule has 3 aromatic rings. The first-order chi connectivity index (χ1) is 14.8. The van der Waals surface area contributed by atoms with Crippen LogP contribution in [0.2, 0.25) is 0 Å². The Morgan fingerprint density at radius 2 is 1.52 bits per heavy atom. The molecular formula is C23H17BrN2O4S. The maximum Gasteiger partial charge on any atom is 0.278 e. The van der Waals surface area contributed by atoms with Gasteiger partial charge < -0.3 is 0 Å². The highest BCUT2D eigenvalue weighted by Gasteiger charge is 2.44. The van der Waals surface area contributed by atoms with Crippen molar-refractivity contribution in [3.63, 3.8) is 0 Å². The Kier molecular flexibility index (Phi) is 5.70. The summed E-state index contributed by atoms with van der Waals surface area (Å²) in [4.78, 5) is 30.7. The molecule has 8 heteroatoms. The van der Waals surface area contributed by atoms with Gasteiger partial charge in [0.05, 0.1) is 16.2 Å². The summed E-state index contributed by atoms with van der Waals surface area (Å²) in [7, 11) is -2.62. The van der Waals surface area contributed by atoms with Crippen LogP contribution in [0.15, 0.2) is 93.2 Å². The zero-order valence-electron chi connectivity index (χ0n) is 16.4. The van der Waals surface area contributed by atoms with Crippen LogP contribution < -0.4 is 0 Å². The number of hydrogen-bond donors (Lipinski definition) is 0. The topological polar surface area (TPSA) is 83.9 Å². The second-order valence-corrected chi connectivity index (χ2v) is 9.75. The zero-order chi connectivity index (χ0) is 22.2. The van der Waals surface area contributed by atoms with Gasteiger partial charge in [0.25, 0.3) is 5.91 Å². The predicted octanol–water partition coefficient (Wildman–Crippen LogP) is 3.96. The number of ketones is 1. The molecule has 0 saturated heterocycles. The molecule has 0 N–H and O–H groups in total. The molecule has 1 unspecified atom stereocenters. The van der Waals surface area contributed by atoms with Gasteiger partial charge in [-0.05, 0) is 34.1 Å². The third-order valence-corrected chi connectivity index (χ3v) is 7.65. The second-order valence-electron chi connectivity index (χ2n) is 6.93. The third-order valence-electron chi connectivity index (χ3n) is 5.08. The van der Waals surface area contributed by atoms with Gasteiger partial charge in [-0.25, -0.2) is 13.4 Å². The highest BCUT2D eigenvalue weighted by Crippen LogP contribution is 2.31. The smallest absolute Gasteiger partial charge is 0.278 e. The molecule has 3 aromatic carbocycles. The maximum atomic E-state index is 13.4. The molecule has 0 fully saturated rings. The number of nitrogens with zero attached hydrogens (tertiary/aromatic N) is 2. The predicted molar refractivity (Wildman–Crippen MR) is 121 cm³/mol. The molecular weight excluding hydrogens is 480 g/mol. The van der Waals surface area contributed by atoms with Crippen molar-refractivity contribution < 1.29 is 18.0 Å². The van der Waals surface area contributed by atoms with Crippen molar-refractivity contribution in [1.82, 2.24) is 4.31 Å². The third kappa shape index (κ3) is 3.78. The van der Waals surface area contributed by atoms with E-state index in [1.54, 1.807) is 72.8 Å². The van der Waals surface area contributed by atoms with E-state index in [0.29, 0.717) is 15.6 Å². The Labute approximate surface area is 188 Å². The van der Waals surface area contributed by atoms with Crippen molar-refractivity contribution in [2.24, 2.45) is 4.99 Å². The van der Waals surface area contributed by atoms with Crippen LogP contribution in [0.5, 0.6) is 0 Å². The number of halogens is 1. The normalized spacial score (nSPS) is 19.0. The maximum absolute atomic E-state index is 13.4. The number of benzene rings is 3. The number of aliphatic imine (C=N–C) groups is 1. The number of Topliss-reactive ketones (excluding diaryl/α,β-unsaturated/α-hetero) is 1. The van der Waals surface area contributed by atoms with Gasteiger partial charge in [0.15, 0.2) is 5.78 Å². The molecule has 1 atom stereocenters. The monoisotopic (exact) mass is 496 g/mol. The van der Waals surface area contributed by atoms with Crippen LogP contribution in [0.4, 0.5) is 0 Å². The van der Waals surface area contributed by atoms with Crippen LogP contribution in [-0.2, 0) is 10.0 Å². The molecule has 0 saturated carbocycles. The van der Waals surface area contributed by atoms with Gasteiger partial charge in [-0.1, -0.05) is 60.7 Å². The number of hydrogen-bond acceptors (Lipinski definition) is 4. The molecule has 0 aliphatic carbocycles. The van der Waals surface area contributed by atoms with Crippen LogP contribution in [0.1, 0.15) is 26.3 Å². The molecule has 156 valence electrons. The minimum atomic E-state index is -3.95. The van der Waals surface area contributed by atoms with Crippen molar-refractivity contribution in [3.8, 4) is 0 Å². The molecule has 1 aliphatic rings. The largest absolute Gasteiger partial charge is 0.292 e. The van der Waals surface area contributed by atoms with E-state index in [-0.39, 0.29) is 16.2 Å². The van der Waals surface area contributed by atoms with E-state index in [1.807, 2.05) is 0 Å². The van der Waals surface area contributed by atoms with Crippen LogP contribution in [-0.4, -0.2) is 43.2 Å². The van der Waals surface area contributed by atoms with E-state index >= 15 is 0 Å². The van der Waals surface area contributed by atoms with Crippen molar-refractivity contribution in [2.45, 2.75) is 10.9 Å². The Morgan fingerprint density at radius 1 is 0.903 bits per heavy atom. The van der Waals surface area contributed by atoms with Crippen molar-refractivity contribution in [2.75, 3.05) is 7.05 Å². The van der Waals surface area contributed by atoms with E-state index in [9.17, 15) is 18.0 Å². The van der Waals surface area contributed by atoms with Crippen molar-refractivity contribution in [1.29, 1.82) is 0 Å². The van der Waals surface area contributed by atoms with Gasteiger partial charge >= 0.3 is 0 Å². The quantitative estimate of drug-likeness (QED) is 0.513. The molecule has 0 spiro atoms. The molecule has 4 rings (SSSR count). The first-order valence-corrected chi connectivity index (χ1v) is 11.6. The van der Waals surface area contributed by atoms with E-state index in [0.717, 1.165) is 4.31 Å². The van der Waals surface area contributed by atoms with Crippen molar-refractivity contribution >= 4 is 43.4 Å². The van der Waals surface area contributed by atoms with Crippen LogP contribution in [0.25, 0.3) is 0 Å². The summed E-state index contributed by atoms with van der Waals surface area (Å²) >= 11 is 3.34. The summed E-state index contributed by atoms with van der Waals surface area (Å²) in [6, 6.07) is 20.2. The Bertz CT molecular complexity index is 1320. The molecule has 1 aliphatic heterocycles. The Hall–Kier alpha value is -2.94. The minimum absolute atomic E-state index is 0.00768. The van der Waals surface area contributed by atoms with Crippen molar-refractivity contribution in [3.05, 3.63) is 100 Å². The fourth-order valence-corrected chi connectivity index (χ4v) is 5.43. The fraction of sp³-hybridized carbons (Fsp3) is 0.0870. The average molecular weight is 497 g/mol. The molecule has 6 nitrogen and oxygen atoms in total. The molecule has 1 amide bonds. The molecule has 0 aromatic heterocycles. The van der Waals surface area contributed by atoms with Gasteiger partial charge in [0.1, 0.15) is 6.04 Å². The first kappa shape index (κ1) is 21.3. The number of sulfonamides is 1. The lowest BCUT2D eigenvalue weighted by molar-refractivity contribution is 0.0944. The van der Waals surface area contributed by atoms with Crippen LogP contribution in [0, 0.1) is 0 Å². The fourth-order valence-electron chi connectivity index (χ4n) is 3.49. The van der Waals surface area contributed by atoms with E-state index in [1.165, 1.54) is 13.1 Å². The first-order valence-electron chi connectivity index (χ1n) is 9.36. The number of amides is 1. The zero-order valence-corrected chi connectivity index (χ0v) is 18.8. The van der Waals surface area contributed by atoms with Crippen LogP contribution in [0.3, 0.4) is 0 Å². The minimum Gasteiger partial charge on any atom is -0.292 e. The van der Waals surface area contributed by atoms with E-state index in [2.05, 4.69) is 20.9 Å². The van der Waals surface area contributed by atoms with Gasteiger partial charge in [-0.15, -0.1) is 0 Å². The summed E-state index contributed by atoms with van der Waals surface area (Å²) < 4.78 is 27.8. The Morgan fingerprint density at radius 3 is 2.23 bits per heavy atom. The van der Waals surface area contributed by atoms with Gasteiger partial charge in [0, 0.05) is 22.6 Å². The second kappa shape index (κ2) is 8.30. The summed E-state index contributed by atoms with van der Waals surface area (Å²) in [5, 5.41) is 0. The lowest BCUT2D eigenvalue weighted by Crippen LogP contribution is -2.52. The summed E-state index contributed by atoms with van der Waals surface area (Å²) in [6.45, 7) is 0. The molecule has 0 bridgehead atoms. The highest BCUT2D eigenvalue weighted by atomic mass is 79.9. The Balaban J connectivity index is 1.94. The average Bonchev–Trinajstić information content (AvgIpc) is 2.78. The number of carbonyl (C=O) groups is 2. The van der Waals surface area contributed by atoms with E-state index < -0.39 is 27.8 Å². The van der Waals surface area contributed by atoms with Gasteiger partial charge in [0.2, 0.25) is 10.0 Å². The molecule has 0 radical (unpaired) electrons. The standard InChI is InChI=1S/C23H17BrN2O4S/c1-26-21(22(27)15-9-3-2-4-10-15)20(17-12-6-8-14-19(17)31(26,29)30)25-23(28)16-11-5-7-13-18(16)24/h2-14,21H,1H3. The lowest BCUT2D eigenvalue weighted by Gasteiger charge is -2.33. The molecule has 31 heavy (non-hydrogen) atoms. The highest BCUT2D eigenvalue weighted by molar-refractivity contribution is 9.10. The number of fused-ring (bicyclic) bond motifs is 1. The molecule has 1 heterocycles. The number of carbonyl (C=O) groups excluding carboxylic acids is 2. The van der Waals surface area contributed by atoms with E-state index in [4.69, 9.17) is 0 Å². The lowest BCUT2D eigenvalue weighted by atomic mass is 9.95. The summed E-state index contributed by atoms with van der Waals surface area (Å²) in [5.41, 5.74) is 0.988. The number of rotatable bonds is 3. The number of likely N-dealkylation sites (N-methyl/N-ethyl adjacent to an activating group) is 1. The van der Waals surface area contributed by atoms with Gasteiger partial charge in [-0.2, -0.15) is 4.31 Å².